The molecule has 1 aliphatic carbocycles. The predicted octanol–water partition coefficient (Wildman–Crippen LogP) is 3.69. The van der Waals surface area contributed by atoms with Gasteiger partial charge in [-0.25, -0.2) is 8.42 Å². The van der Waals surface area contributed by atoms with Crippen LogP contribution in [0.3, 0.4) is 0 Å². The zero-order valence-corrected chi connectivity index (χ0v) is 14.8. The molecule has 5 nitrogen and oxygen atoms in total. The average molecular weight is 385 g/mol. The Balaban J connectivity index is 1.84. The molecule has 1 amide bonds. The van der Waals surface area contributed by atoms with E-state index in [1.165, 1.54) is 24.3 Å². The molecule has 0 saturated heterocycles. The summed E-state index contributed by atoms with van der Waals surface area (Å²) in [6, 6.07) is 10.7. The number of benzene rings is 2. The molecule has 3 rings (SSSR count). The summed E-state index contributed by atoms with van der Waals surface area (Å²) in [5.41, 5.74) is 0.661. The summed E-state index contributed by atoms with van der Waals surface area (Å²) in [6.07, 6.45) is 1.96. The first-order valence-corrected chi connectivity index (χ1v) is 9.48. The van der Waals surface area contributed by atoms with Crippen LogP contribution in [0.1, 0.15) is 23.2 Å². The molecule has 24 heavy (non-hydrogen) atoms. The Hall–Kier alpha value is -1.76. The molecule has 0 radical (unpaired) electrons. The lowest BCUT2D eigenvalue weighted by molar-refractivity contribution is 0.0951. The lowest BCUT2D eigenvalue weighted by Crippen LogP contribution is -2.25. The Kier molecular flexibility index (Phi) is 4.71. The monoisotopic (exact) mass is 384 g/mol. The number of hydrogen-bond donors (Lipinski definition) is 2. The molecular weight excluding hydrogens is 371 g/mol. The number of nitrogens with one attached hydrogen (secondary N) is 2. The van der Waals surface area contributed by atoms with E-state index in [4.69, 9.17) is 23.2 Å². The minimum absolute atomic E-state index is 0.0644. The van der Waals surface area contributed by atoms with Crippen molar-refractivity contribution in [2.75, 3.05) is 4.72 Å². The highest BCUT2D eigenvalue weighted by Gasteiger charge is 2.24. The molecule has 0 bridgehead atoms. The zero-order chi connectivity index (χ0) is 17.3. The summed E-state index contributed by atoms with van der Waals surface area (Å²) in [7, 11) is -3.92. The van der Waals surface area contributed by atoms with E-state index in [1.807, 2.05) is 0 Å². The normalized spacial score (nSPS) is 14.2. The van der Waals surface area contributed by atoms with Crippen molar-refractivity contribution in [1.82, 2.24) is 5.32 Å². The lowest BCUT2D eigenvalue weighted by atomic mass is 10.2. The molecule has 2 aromatic rings. The highest BCUT2D eigenvalue weighted by atomic mass is 35.5. The number of carbonyl (C=O) groups excluding carboxylic acids is 1. The Labute approximate surface area is 150 Å². The molecule has 1 aliphatic rings. The standard InChI is InChI=1S/C16H14Cl2N2O3S/c17-11-4-7-14(18)15(9-11)24(22,23)20-13-3-1-2-10(8-13)16(21)19-12-5-6-12/h1-4,7-9,12,20H,5-6H2,(H,19,21). The van der Waals surface area contributed by atoms with E-state index in [2.05, 4.69) is 10.0 Å². The van der Waals surface area contributed by atoms with Crippen LogP contribution in [-0.4, -0.2) is 20.4 Å². The fourth-order valence-corrected chi connectivity index (χ4v) is 3.93. The Bertz CT molecular complexity index is 896. The summed E-state index contributed by atoms with van der Waals surface area (Å²) in [6.45, 7) is 0. The molecule has 126 valence electrons. The molecule has 0 atom stereocenters. The highest BCUT2D eigenvalue weighted by molar-refractivity contribution is 7.92. The summed E-state index contributed by atoms with van der Waals surface area (Å²) < 4.78 is 27.4. The van der Waals surface area contributed by atoms with Crippen LogP contribution in [-0.2, 0) is 10.0 Å². The van der Waals surface area contributed by atoms with E-state index < -0.39 is 10.0 Å². The maximum atomic E-state index is 12.5. The Morgan fingerprint density at radius 2 is 1.83 bits per heavy atom. The number of sulfonamides is 1. The number of amides is 1. The first-order valence-electron chi connectivity index (χ1n) is 7.24. The van der Waals surface area contributed by atoms with Crippen molar-refractivity contribution in [3.63, 3.8) is 0 Å². The topological polar surface area (TPSA) is 75.3 Å². The molecule has 0 heterocycles. The first-order chi connectivity index (χ1) is 11.3. The van der Waals surface area contributed by atoms with Crippen molar-refractivity contribution in [3.05, 3.63) is 58.1 Å². The Morgan fingerprint density at radius 1 is 1.08 bits per heavy atom. The van der Waals surface area contributed by atoms with Crippen LogP contribution in [0, 0.1) is 0 Å². The number of rotatable bonds is 5. The number of carbonyl (C=O) groups is 1. The molecule has 0 aliphatic heterocycles. The van der Waals surface area contributed by atoms with Crippen LogP contribution in [0.4, 0.5) is 5.69 Å². The van der Waals surface area contributed by atoms with Crippen LogP contribution < -0.4 is 10.0 Å². The summed E-state index contributed by atoms with van der Waals surface area (Å²) in [5.74, 6) is -0.223. The van der Waals surface area contributed by atoms with Gasteiger partial charge in [-0.05, 0) is 49.2 Å². The number of anilines is 1. The quantitative estimate of drug-likeness (QED) is 0.825. The van der Waals surface area contributed by atoms with Gasteiger partial charge in [-0.2, -0.15) is 0 Å². The van der Waals surface area contributed by atoms with Gasteiger partial charge in [-0.15, -0.1) is 0 Å². The zero-order valence-electron chi connectivity index (χ0n) is 12.4. The van der Waals surface area contributed by atoms with Crippen LogP contribution in [0.25, 0.3) is 0 Å². The van der Waals surface area contributed by atoms with Gasteiger partial charge in [0.15, 0.2) is 0 Å². The highest BCUT2D eigenvalue weighted by Crippen LogP contribution is 2.27. The van der Waals surface area contributed by atoms with Gasteiger partial charge in [0.05, 0.1) is 5.02 Å². The third-order valence-electron chi connectivity index (χ3n) is 3.47. The van der Waals surface area contributed by atoms with Gasteiger partial charge in [0.1, 0.15) is 4.90 Å². The third kappa shape index (κ3) is 4.01. The van der Waals surface area contributed by atoms with E-state index in [0.717, 1.165) is 12.8 Å². The van der Waals surface area contributed by atoms with Crippen molar-refractivity contribution in [2.24, 2.45) is 0 Å². The van der Waals surface area contributed by atoms with Crippen LogP contribution in [0.2, 0.25) is 10.0 Å². The van der Waals surface area contributed by atoms with Crippen LogP contribution in [0.15, 0.2) is 47.4 Å². The fraction of sp³-hybridized carbons (Fsp3) is 0.188. The molecule has 0 unspecified atom stereocenters. The van der Waals surface area contributed by atoms with E-state index in [9.17, 15) is 13.2 Å². The minimum atomic E-state index is -3.92. The third-order valence-corrected chi connectivity index (χ3v) is 5.57. The SMILES string of the molecule is O=C(NC1CC1)c1cccc(NS(=O)(=O)c2cc(Cl)ccc2Cl)c1. The first kappa shape index (κ1) is 17.1. The molecular formula is C16H14Cl2N2O3S. The molecule has 0 aromatic heterocycles. The van der Waals surface area contributed by atoms with Crippen molar-refractivity contribution >= 4 is 44.8 Å². The van der Waals surface area contributed by atoms with E-state index in [0.29, 0.717) is 5.56 Å². The molecule has 8 heteroatoms. The molecule has 1 fully saturated rings. The average Bonchev–Trinajstić information content (AvgIpc) is 3.33. The maximum absolute atomic E-state index is 12.5. The van der Waals surface area contributed by atoms with Crippen molar-refractivity contribution in [2.45, 2.75) is 23.8 Å². The Morgan fingerprint density at radius 3 is 2.54 bits per heavy atom. The van der Waals surface area contributed by atoms with Gasteiger partial charge >= 0.3 is 0 Å². The maximum Gasteiger partial charge on any atom is 0.263 e. The van der Waals surface area contributed by atoms with Gasteiger partial charge in [0.2, 0.25) is 0 Å². The van der Waals surface area contributed by atoms with Gasteiger partial charge in [-0.1, -0.05) is 29.3 Å². The van der Waals surface area contributed by atoms with E-state index >= 15 is 0 Å². The second-order valence-electron chi connectivity index (χ2n) is 5.51. The largest absolute Gasteiger partial charge is 0.349 e. The summed E-state index contributed by atoms with van der Waals surface area (Å²) >= 11 is 11.8. The fourth-order valence-electron chi connectivity index (χ4n) is 2.11. The van der Waals surface area contributed by atoms with Gasteiger partial charge in [-0.3, -0.25) is 9.52 Å². The van der Waals surface area contributed by atoms with Crippen molar-refractivity contribution in [1.29, 1.82) is 0 Å². The van der Waals surface area contributed by atoms with Gasteiger partial charge in [0.25, 0.3) is 15.9 Å². The second-order valence-corrected chi connectivity index (χ2v) is 8.00. The van der Waals surface area contributed by atoms with Crippen molar-refractivity contribution in [3.8, 4) is 0 Å². The lowest BCUT2D eigenvalue weighted by Gasteiger charge is -2.11. The summed E-state index contributed by atoms with van der Waals surface area (Å²) in [4.78, 5) is 11.9. The van der Waals surface area contributed by atoms with Crippen LogP contribution >= 0.6 is 23.2 Å². The van der Waals surface area contributed by atoms with Gasteiger partial charge < -0.3 is 5.32 Å². The van der Waals surface area contributed by atoms with Crippen molar-refractivity contribution < 1.29 is 13.2 Å². The smallest absolute Gasteiger partial charge is 0.263 e. The molecule has 2 aromatic carbocycles. The minimum Gasteiger partial charge on any atom is -0.349 e. The molecule has 2 N–H and O–H groups in total. The van der Waals surface area contributed by atoms with Gasteiger partial charge in [0, 0.05) is 22.3 Å². The van der Waals surface area contributed by atoms with E-state index in [-0.39, 0.29) is 32.6 Å². The van der Waals surface area contributed by atoms with Crippen LogP contribution in [0.5, 0.6) is 0 Å². The number of hydrogen-bond acceptors (Lipinski definition) is 3. The number of halogens is 2. The predicted molar refractivity (Wildman–Crippen MR) is 94.2 cm³/mol. The summed E-state index contributed by atoms with van der Waals surface area (Å²) in [5, 5.41) is 3.18. The molecule has 1 saturated carbocycles. The second kappa shape index (κ2) is 6.63. The molecule has 0 spiro atoms. The van der Waals surface area contributed by atoms with E-state index in [1.54, 1.807) is 18.2 Å².